The lowest BCUT2D eigenvalue weighted by molar-refractivity contribution is -0.0574. The summed E-state index contributed by atoms with van der Waals surface area (Å²) < 4.78 is 6.70. The molecule has 0 spiro atoms. The summed E-state index contributed by atoms with van der Waals surface area (Å²) in [6.07, 6.45) is -2.44. The largest absolute Gasteiger partial charge is 0.394 e. The number of nitrogens with zero attached hydrogens (tertiary/aromatic N) is 4. The molecule has 0 amide bonds. The molecule has 2 aromatic heterocycles. The standard InChI is InChI=1S/C11H15N5O4S/c1-21-5-2-6(12)13-10-7(5)14-15-16(10)11-9(19)8(18)4(3-17)20-11/h2,4,8-9,11,17-19H,3H2,1H3,(H2,12,13). The Morgan fingerprint density at radius 2 is 2.19 bits per heavy atom. The van der Waals surface area contributed by atoms with Gasteiger partial charge in [0.25, 0.3) is 0 Å². The molecule has 1 fully saturated rings. The first kappa shape index (κ1) is 14.5. The smallest absolute Gasteiger partial charge is 0.184 e. The van der Waals surface area contributed by atoms with Crippen LogP contribution in [0.3, 0.4) is 0 Å². The van der Waals surface area contributed by atoms with Gasteiger partial charge in [0.1, 0.15) is 29.6 Å². The molecular weight excluding hydrogens is 298 g/mol. The van der Waals surface area contributed by atoms with Crippen LogP contribution in [-0.2, 0) is 4.74 Å². The van der Waals surface area contributed by atoms with Gasteiger partial charge in [-0.25, -0.2) is 4.98 Å². The number of anilines is 1. The van der Waals surface area contributed by atoms with Crippen molar-refractivity contribution >= 4 is 28.7 Å². The molecule has 114 valence electrons. The average Bonchev–Trinajstić information content (AvgIpc) is 3.01. The molecule has 1 aliphatic heterocycles. The molecular formula is C11H15N5O4S. The third kappa shape index (κ3) is 2.24. The van der Waals surface area contributed by atoms with E-state index in [1.165, 1.54) is 16.4 Å². The van der Waals surface area contributed by atoms with Crippen LogP contribution < -0.4 is 5.73 Å². The van der Waals surface area contributed by atoms with Crippen LogP contribution in [0.4, 0.5) is 5.82 Å². The Morgan fingerprint density at radius 3 is 2.81 bits per heavy atom. The second-order valence-corrected chi connectivity index (χ2v) is 5.53. The van der Waals surface area contributed by atoms with Gasteiger partial charge in [-0.3, -0.25) is 0 Å². The summed E-state index contributed by atoms with van der Waals surface area (Å²) in [4.78, 5) is 4.97. The van der Waals surface area contributed by atoms with E-state index in [1.807, 2.05) is 6.26 Å². The maximum Gasteiger partial charge on any atom is 0.184 e. The van der Waals surface area contributed by atoms with E-state index in [4.69, 9.17) is 15.6 Å². The molecule has 0 radical (unpaired) electrons. The number of ether oxygens (including phenoxy) is 1. The molecule has 9 nitrogen and oxygen atoms in total. The fourth-order valence-corrected chi connectivity index (χ4v) is 2.88. The van der Waals surface area contributed by atoms with Crippen LogP contribution >= 0.6 is 11.8 Å². The Kier molecular flexibility index (Phi) is 3.71. The van der Waals surface area contributed by atoms with E-state index in [-0.39, 0.29) is 0 Å². The van der Waals surface area contributed by atoms with E-state index >= 15 is 0 Å². The molecule has 0 aliphatic carbocycles. The summed E-state index contributed by atoms with van der Waals surface area (Å²) in [7, 11) is 0. The molecule has 1 aliphatic rings. The highest BCUT2D eigenvalue weighted by atomic mass is 32.2. The van der Waals surface area contributed by atoms with Crippen molar-refractivity contribution in [3.63, 3.8) is 0 Å². The zero-order valence-electron chi connectivity index (χ0n) is 11.1. The van der Waals surface area contributed by atoms with Crippen LogP contribution in [-0.4, -0.2) is 66.5 Å². The van der Waals surface area contributed by atoms with Crippen molar-refractivity contribution in [3.8, 4) is 0 Å². The Labute approximate surface area is 123 Å². The number of fused-ring (bicyclic) bond motifs is 1. The van der Waals surface area contributed by atoms with Gasteiger partial charge in [-0.1, -0.05) is 5.21 Å². The summed E-state index contributed by atoms with van der Waals surface area (Å²) in [5, 5.41) is 36.9. The summed E-state index contributed by atoms with van der Waals surface area (Å²) in [5.41, 5.74) is 6.65. The molecule has 2 aromatic rings. The highest BCUT2D eigenvalue weighted by Gasteiger charge is 2.44. The molecule has 3 rings (SSSR count). The van der Waals surface area contributed by atoms with Crippen molar-refractivity contribution in [3.05, 3.63) is 6.07 Å². The quantitative estimate of drug-likeness (QED) is 0.511. The summed E-state index contributed by atoms with van der Waals surface area (Å²) in [6.45, 7) is -0.410. The van der Waals surface area contributed by atoms with Gasteiger partial charge in [0, 0.05) is 4.90 Å². The molecule has 4 unspecified atom stereocenters. The number of hydrogen-bond acceptors (Lipinski definition) is 9. The molecule has 0 saturated carbocycles. The third-order valence-corrected chi connectivity index (χ3v) is 4.15. The van der Waals surface area contributed by atoms with Crippen molar-refractivity contribution in [1.29, 1.82) is 0 Å². The lowest BCUT2D eigenvalue weighted by atomic mass is 10.1. The topological polar surface area (TPSA) is 140 Å². The molecule has 0 aromatic carbocycles. The molecule has 21 heavy (non-hydrogen) atoms. The van der Waals surface area contributed by atoms with E-state index in [1.54, 1.807) is 6.07 Å². The number of hydrogen-bond donors (Lipinski definition) is 4. The Morgan fingerprint density at radius 1 is 1.43 bits per heavy atom. The van der Waals surface area contributed by atoms with E-state index in [2.05, 4.69) is 15.3 Å². The SMILES string of the molecule is CSc1cc(N)nc2c1nnn2C1OC(CO)C(O)C1O. The van der Waals surface area contributed by atoms with Crippen molar-refractivity contribution in [2.24, 2.45) is 0 Å². The number of pyridine rings is 1. The first-order valence-corrected chi connectivity index (χ1v) is 7.47. The highest BCUT2D eigenvalue weighted by Crippen LogP contribution is 2.32. The summed E-state index contributed by atoms with van der Waals surface area (Å²) in [5.74, 6) is 0.294. The number of aliphatic hydroxyl groups excluding tert-OH is 3. The predicted molar refractivity (Wildman–Crippen MR) is 74.5 cm³/mol. The van der Waals surface area contributed by atoms with E-state index in [9.17, 15) is 10.2 Å². The van der Waals surface area contributed by atoms with Crippen LogP contribution in [0.15, 0.2) is 11.0 Å². The summed E-state index contributed by atoms with van der Waals surface area (Å²) in [6, 6.07) is 1.68. The number of thioether (sulfide) groups is 1. The first-order chi connectivity index (χ1) is 10.1. The van der Waals surface area contributed by atoms with Gasteiger partial charge >= 0.3 is 0 Å². The monoisotopic (exact) mass is 313 g/mol. The van der Waals surface area contributed by atoms with Crippen LogP contribution in [0, 0.1) is 0 Å². The zero-order valence-corrected chi connectivity index (χ0v) is 11.9. The Hall–Kier alpha value is -1.46. The number of aliphatic hydroxyl groups is 3. The molecule has 4 atom stereocenters. The lowest BCUT2D eigenvalue weighted by Crippen LogP contribution is -2.33. The molecule has 0 bridgehead atoms. The molecule has 3 heterocycles. The predicted octanol–water partition coefficient (Wildman–Crippen LogP) is -1.26. The second kappa shape index (κ2) is 5.39. The van der Waals surface area contributed by atoms with Crippen molar-refractivity contribution < 1.29 is 20.1 Å². The van der Waals surface area contributed by atoms with Crippen molar-refractivity contribution in [2.75, 3.05) is 18.6 Å². The van der Waals surface area contributed by atoms with Gasteiger partial charge < -0.3 is 25.8 Å². The maximum atomic E-state index is 10.0. The second-order valence-electron chi connectivity index (χ2n) is 4.68. The van der Waals surface area contributed by atoms with Gasteiger partial charge in [-0.2, -0.15) is 4.68 Å². The Balaban J connectivity index is 2.07. The number of nitrogens with two attached hydrogens (primary N) is 1. The first-order valence-electron chi connectivity index (χ1n) is 6.24. The third-order valence-electron chi connectivity index (χ3n) is 3.40. The van der Waals surface area contributed by atoms with Crippen LogP contribution in [0.2, 0.25) is 0 Å². The van der Waals surface area contributed by atoms with Gasteiger partial charge in [0.15, 0.2) is 11.9 Å². The van der Waals surface area contributed by atoms with E-state index < -0.39 is 31.1 Å². The van der Waals surface area contributed by atoms with Crippen LogP contribution in [0.5, 0.6) is 0 Å². The minimum atomic E-state index is -1.24. The minimum absolute atomic E-state index is 0.294. The average molecular weight is 313 g/mol. The Bertz CT molecular complexity index is 665. The number of rotatable bonds is 3. The molecule has 1 saturated heterocycles. The fraction of sp³-hybridized carbons (Fsp3) is 0.545. The van der Waals surface area contributed by atoms with Crippen molar-refractivity contribution in [2.45, 2.75) is 29.4 Å². The lowest BCUT2D eigenvalue weighted by Gasteiger charge is -2.14. The van der Waals surface area contributed by atoms with E-state index in [0.717, 1.165) is 4.90 Å². The minimum Gasteiger partial charge on any atom is -0.394 e. The van der Waals surface area contributed by atoms with E-state index in [0.29, 0.717) is 17.0 Å². The summed E-state index contributed by atoms with van der Waals surface area (Å²) >= 11 is 1.45. The van der Waals surface area contributed by atoms with Gasteiger partial charge in [0.2, 0.25) is 0 Å². The van der Waals surface area contributed by atoms with Gasteiger partial charge in [0.05, 0.1) is 6.61 Å². The molecule has 5 N–H and O–H groups in total. The maximum absolute atomic E-state index is 10.0. The molecule has 10 heteroatoms. The fourth-order valence-electron chi connectivity index (χ4n) is 2.32. The van der Waals surface area contributed by atoms with Crippen molar-refractivity contribution in [1.82, 2.24) is 20.0 Å². The van der Waals surface area contributed by atoms with Gasteiger partial charge in [-0.05, 0) is 12.3 Å². The highest BCUT2D eigenvalue weighted by molar-refractivity contribution is 7.98. The van der Waals surface area contributed by atoms with Crippen LogP contribution in [0.25, 0.3) is 11.2 Å². The van der Waals surface area contributed by atoms with Crippen LogP contribution in [0.1, 0.15) is 6.23 Å². The number of aromatic nitrogens is 4. The number of nitrogen functional groups attached to an aromatic ring is 1. The van der Waals surface area contributed by atoms with Gasteiger partial charge in [-0.15, -0.1) is 16.9 Å². The zero-order chi connectivity index (χ0) is 15.1. The normalized spacial score (nSPS) is 29.3.